The maximum absolute atomic E-state index is 12.6. The van der Waals surface area contributed by atoms with Gasteiger partial charge in [-0.3, -0.25) is 9.98 Å². The standard InChI is InChI=1S/C17H16F3N5S/c1-21-16(24-9-15-25-14(10-26-15)17(18,19)20)23-8-11-6-7-22-13-5-3-2-4-12(11)13/h2-7,10H,8-9H2,1H3,(H2,21,23,24). The molecule has 0 radical (unpaired) electrons. The van der Waals surface area contributed by atoms with E-state index in [1.807, 2.05) is 30.3 Å². The Balaban J connectivity index is 1.61. The van der Waals surface area contributed by atoms with E-state index >= 15 is 0 Å². The van der Waals surface area contributed by atoms with Crippen LogP contribution < -0.4 is 10.6 Å². The number of aliphatic imine (C=N–C) groups is 1. The number of hydrogen-bond acceptors (Lipinski definition) is 4. The van der Waals surface area contributed by atoms with Crippen LogP contribution in [0.1, 0.15) is 16.3 Å². The Morgan fingerprint density at radius 3 is 2.65 bits per heavy atom. The first-order valence-corrected chi connectivity index (χ1v) is 8.64. The molecule has 0 unspecified atom stereocenters. The third-order valence-corrected chi connectivity index (χ3v) is 4.51. The first kappa shape index (κ1) is 18.1. The topological polar surface area (TPSA) is 62.2 Å². The van der Waals surface area contributed by atoms with Crippen molar-refractivity contribution in [3.05, 3.63) is 58.2 Å². The fourth-order valence-electron chi connectivity index (χ4n) is 2.39. The second-order valence-electron chi connectivity index (χ2n) is 5.39. The number of hydrogen-bond donors (Lipinski definition) is 2. The van der Waals surface area contributed by atoms with E-state index in [0.29, 0.717) is 17.5 Å². The molecule has 3 rings (SSSR count). The van der Waals surface area contributed by atoms with Crippen molar-refractivity contribution in [2.45, 2.75) is 19.3 Å². The van der Waals surface area contributed by atoms with Crippen molar-refractivity contribution < 1.29 is 13.2 Å². The van der Waals surface area contributed by atoms with Gasteiger partial charge in [0.1, 0.15) is 5.01 Å². The van der Waals surface area contributed by atoms with Crippen LogP contribution in [-0.2, 0) is 19.3 Å². The first-order valence-electron chi connectivity index (χ1n) is 7.76. The minimum atomic E-state index is -4.42. The molecule has 0 aliphatic carbocycles. The molecule has 2 N–H and O–H groups in total. The van der Waals surface area contributed by atoms with Gasteiger partial charge >= 0.3 is 6.18 Å². The summed E-state index contributed by atoms with van der Waals surface area (Å²) in [5.41, 5.74) is 1.08. The number of aromatic nitrogens is 2. The molecule has 0 amide bonds. The number of benzene rings is 1. The maximum Gasteiger partial charge on any atom is 0.434 e. The highest BCUT2D eigenvalue weighted by Crippen LogP contribution is 2.29. The van der Waals surface area contributed by atoms with Crippen LogP contribution >= 0.6 is 11.3 Å². The van der Waals surface area contributed by atoms with Crippen molar-refractivity contribution in [3.8, 4) is 0 Å². The van der Waals surface area contributed by atoms with Crippen LogP contribution in [0.4, 0.5) is 13.2 Å². The molecule has 0 aliphatic rings. The number of nitrogens with zero attached hydrogens (tertiary/aromatic N) is 3. The third-order valence-electron chi connectivity index (χ3n) is 3.66. The van der Waals surface area contributed by atoms with Gasteiger partial charge in [-0.1, -0.05) is 18.2 Å². The number of pyridine rings is 1. The van der Waals surface area contributed by atoms with Crippen LogP contribution in [-0.4, -0.2) is 23.0 Å². The molecule has 0 saturated heterocycles. The highest BCUT2D eigenvalue weighted by atomic mass is 32.1. The fraction of sp³-hybridized carbons (Fsp3) is 0.235. The summed E-state index contributed by atoms with van der Waals surface area (Å²) in [5.74, 6) is 0.481. The van der Waals surface area contributed by atoms with Crippen LogP contribution in [0.15, 0.2) is 46.9 Å². The van der Waals surface area contributed by atoms with Gasteiger partial charge in [0.15, 0.2) is 11.7 Å². The summed E-state index contributed by atoms with van der Waals surface area (Å²) in [4.78, 5) is 12.0. The Hall–Kier alpha value is -2.68. The number of rotatable bonds is 4. The molecular formula is C17H16F3N5S. The Morgan fingerprint density at radius 1 is 1.15 bits per heavy atom. The second kappa shape index (κ2) is 7.69. The van der Waals surface area contributed by atoms with E-state index in [-0.39, 0.29) is 6.54 Å². The first-order chi connectivity index (χ1) is 12.5. The minimum Gasteiger partial charge on any atom is -0.352 e. The smallest absolute Gasteiger partial charge is 0.352 e. The molecule has 0 atom stereocenters. The largest absolute Gasteiger partial charge is 0.434 e. The summed E-state index contributed by atoms with van der Waals surface area (Å²) in [6.07, 6.45) is -2.68. The van der Waals surface area contributed by atoms with Gasteiger partial charge in [-0.25, -0.2) is 4.98 Å². The number of thiazole rings is 1. The Labute approximate surface area is 152 Å². The van der Waals surface area contributed by atoms with Crippen LogP contribution in [0.5, 0.6) is 0 Å². The van der Waals surface area contributed by atoms with E-state index in [1.165, 1.54) is 0 Å². The van der Waals surface area contributed by atoms with Crippen LogP contribution in [0.3, 0.4) is 0 Å². The van der Waals surface area contributed by atoms with Crippen molar-refractivity contribution >= 4 is 28.2 Å². The van der Waals surface area contributed by atoms with Gasteiger partial charge in [-0.2, -0.15) is 13.2 Å². The summed E-state index contributed by atoms with van der Waals surface area (Å²) in [6, 6.07) is 9.72. The fourth-order valence-corrected chi connectivity index (χ4v) is 3.13. The number of halogens is 3. The number of alkyl halides is 3. The second-order valence-corrected chi connectivity index (χ2v) is 6.33. The molecule has 0 spiro atoms. The van der Waals surface area contributed by atoms with E-state index < -0.39 is 11.9 Å². The predicted molar refractivity (Wildman–Crippen MR) is 95.9 cm³/mol. The highest BCUT2D eigenvalue weighted by molar-refractivity contribution is 7.09. The summed E-state index contributed by atoms with van der Waals surface area (Å²) in [5, 5.41) is 8.51. The lowest BCUT2D eigenvalue weighted by Crippen LogP contribution is -2.36. The average molecular weight is 379 g/mol. The minimum absolute atomic E-state index is 0.164. The lowest BCUT2D eigenvalue weighted by Gasteiger charge is -2.12. The molecule has 26 heavy (non-hydrogen) atoms. The lowest BCUT2D eigenvalue weighted by molar-refractivity contribution is -0.140. The number of para-hydroxylation sites is 1. The Kier molecular flexibility index (Phi) is 5.36. The van der Waals surface area contributed by atoms with Crippen LogP contribution in [0.2, 0.25) is 0 Å². The number of guanidine groups is 1. The SMILES string of the molecule is CN=C(NCc1nc(C(F)(F)F)cs1)NCc1ccnc2ccccc12. The molecule has 0 bridgehead atoms. The van der Waals surface area contributed by atoms with Gasteiger partial charge in [0.05, 0.1) is 12.1 Å². The molecule has 5 nitrogen and oxygen atoms in total. The average Bonchev–Trinajstić information content (AvgIpc) is 3.11. The number of fused-ring (bicyclic) bond motifs is 1. The monoisotopic (exact) mass is 379 g/mol. The summed E-state index contributed by atoms with van der Waals surface area (Å²) in [6.45, 7) is 0.673. The maximum atomic E-state index is 12.6. The predicted octanol–water partition coefficient (Wildman–Crippen LogP) is 3.58. The zero-order chi connectivity index (χ0) is 18.6. The third kappa shape index (κ3) is 4.29. The van der Waals surface area contributed by atoms with E-state index in [0.717, 1.165) is 33.2 Å². The van der Waals surface area contributed by atoms with Gasteiger partial charge in [0.25, 0.3) is 0 Å². The van der Waals surface area contributed by atoms with Crippen molar-refractivity contribution in [3.63, 3.8) is 0 Å². The molecule has 2 aromatic heterocycles. The van der Waals surface area contributed by atoms with Crippen LogP contribution in [0.25, 0.3) is 10.9 Å². The van der Waals surface area contributed by atoms with Gasteiger partial charge in [0, 0.05) is 30.6 Å². The normalized spacial score (nSPS) is 12.4. The molecule has 136 valence electrons. The zero-order valence-corrected chi connectivity index (χ0v) is 14.7. The van der Waals surface area contributed by atoms with Crippen molar-refractivity contribution in [2.75, 3.05) is 7.05 Å². The highest BCUT2D eigenvalue weighted by Gasteiger charge is 2.33. The van der Waals surface area contributed by atoms with Crippen molar-refractivity contribution in [2.24, 2.45) is 4.99 Å². The van der Waals surface area contributed by atoms with Gasteiger partial charge < -0.3 is 10.6 Å². The Bertz CT molecular complexity index is 915. The Morgan fingerprint density at radius 2 is 1.92 bits per heavy atom. The lowest BCUT2D eigenvalue weighted by atomic mass is 10.1. The quantitative estimate of drug-likeness (QED) is 0.537. The molecular weight excluding hydrogens is 363 g/mol. The van der Waals surface area contributed by atoms with Crippen molar-refractivity contribution in [1.82, 2.24) is 20.6 Å². The molecule has 1 aromatic carbocycles. The summed E-state index contributed by atoms with van der Waals surface area (Å²) >= 11 is 0.961. The van der Waals surface area contributed by atoms with E-state index in [4.69, 9.17) is 0 Å². The van der Waals surface area contributed by atoms with Gasteiger partial charge in [0.2, 0.25) is 0 Å². The number of nitrogens with one attached hydrogen (secondary N) is 2. The van der Waals surface area contributed by atoms with E-state index in [2.05, 4.69) is 25.6 Å². The van der Waals surface area contributed by atoms with Crippen molar-refractivity contribution in [1.29, 1.82) is 0 Å². The summed E-state index contributed by atoms with van der Waals surface area (Å²) in [7, 11) is 1.60. The van der Waals surface area contributed by atoms with Crippen LogP contribution in [0, 0.1) is 0 Å². The van der Waals surface area contributed by atoms with Gasteiger partial charge in [-0.15, -0.1) is 11.3 Å². The van der Waals surface area contributed by atoms with Gasteiger partial charge in [-0.05, 0) is 17.7 Å². The van der Waals surface area contributed by atoms with E-state index in [1.54, 1.807) is 13.2 Å². The molecule has 2 heterocycles. The zero-order valence-electron chi connectivity index (χ0n) is 13.8. The molecule has 0 fully saturated rings. The molecule has 0 saturated carbocycles. The molecule has 0 aliphatic heterocycles. The molecule has 9 heteroatoms. The van der Waals surface area contributed by atoms with E-state index in [9.17, 15) is 13.2 Å². The molecule has 3 aromatic rings. The summed E-state index contributed by atoms with van der Waals surface area (Å²) < 4.78 is 37.8.